The Morgan fingerprint density at radius 2 is 1.96 bits per heavy atom. The molecule has 1 N–H and O–H groups in total. The molecule has 0 radical (unpaired) electrons. The third kappa shape index (κ3) is 3.37. The lowest BCUT2D eigenvalue weighted by molar-refractivity contribution is -0.117. The minimum Gasteiger partial charge on any atom is -0.459 e. The fourth-order valence-corrected chi connectivity index (χ4v) is 2.66. The van der Waals surface area contributed by atoms with Crippen LogP contribution in [0.5, 0.6) is 0 Å². The highest BCUT2D eigenvalue weighted by atomic mass is 16.3. The largest absolute Gasteiger partial charge is 0.459 e. The van der Waals surface area contributed by atoms with Crippen LogP contribution in [0.2, 0.25) is 0 Å². The van der Waals surface area contributed by atoms with E-state index in [0.29, 0.717) is 5.76 Å². The number of carbonyl (C=O) groups excluding carboxylic acids is 1. The van der Waals surface area contributed by atoms with Gasteiger partial charge in [0.05, 0.1) is 11.6 Å². The molecule has 0 aliphatic heterocycles. The lowest BCUT2D eigenvalue weighted by atomic mass is 10.2. The highest BCUT2D eigenvalue weighted by Gasteiger charge is 2.13. The first-order valence-corrected chi connectivity index (χ1v) is 8.10. The van der Waals surface area contributed by atoms with Crippen LogP contribution in [0, 0.1) is 0 Å². The third-order valence-electron chi connectivity index (χ3n) is 4.12. The molecule has 2 heterocycles. The van der Waals surface area contributed by atoms with Crippen LogP contribution in [0.15, 0.2) is 56.6 Å². The van der Waals surface area contributed by atoms with Gasteiger partial charge in [-0.1, -0.05) is 18.2 Å². The van der Waals surface area contributed by atoms with E-state index in [4.69, 9.17) is 4.42 Å². The van der Waals surface area contributed by atoms with E-state index < -0.39 is 11.2 Å². The Bertz CT molecular complexity index is 1080. The van der Waals surface area contributed by atoms with E-state index in [1.165, 1.54) is 30.0 Å². The Kier molecular flexibility index (Phi) is 4.62. The van der Waals surface area contributed by atoms with Crippen LogP contribution in [0.4, 0.5) is 0 Å². The maximum Gasteiger partial charge on any atom is 0.330 e. The Hall–Kier alpha value is -3.35. The molecule has 134 valence electrons. The second-order valence-corrected chi connectivity index (χ2v) is 6.09. The Morgan fingerprint density at radius 3 is 2.69 bits per heavy atom. The molecule has 0 aliphatic carbocycles. The van der Waals surface area contributed by atoms with Crippen LogP contribution < -0.4 is 16.6 Å². The van der Waals surface area contributed by atoms with Gasteiger partial charge in [-0.15, -0.1) is 0 Å². The van der Waals surface area contributed by atoms with E-state index in [0.717, 1.165) is 15.5 Å². The van der Waals surface area contributed by atoms with Gasteiger partial charge in [0.25, 0.3) is 5.56 Å². The Labute approximate surface area is 149 Å². The quantitative estimate of drug-likeness (QED) is 0.724. The third-order valence-corrected chi connectivity index (χ3v) is 4.12. The van der Waals surface area contributed by atoms with Crippen LogP contribution in [-0.2, 0) is 18.9 Å². The lowest BCUT2D eigenvalue weighted by Crippen LogP contribution is -2.37. The number of amides is 1. The van der Waals surface area contributed by atoms with Gasteiger partial charge in [0.2, 0.25) is 5.91 Å². The molecule has 7 nitrogen and oxygen atoms in total. The summed E-state index contributed by atoms with van der Waals surface area (Å²) < 4.78 is 8.01. The Balaban J connectivity index is 1.75. The van der Waals surface area contributed by atoms with Crippen molar-refractivity contribution in [3.63, 3.8) is 0 Å². The maximum absolute atomic E-state index is 12.1. The van der Waals surface area contributed by atoms with E-state index in [9.17, 15) is 14.4 Å². The summed E-state index contributed by atoms with van der Waals surface area (Å²) in [6.45, 7) is 1.81. The van der Waals surface area contributed by atoms with Crippen molar-refractivity contribution in [2.75, 3.05) is 0 Å². The van der Waals surface area contributed by atoms with E-state index >= 15 is 0 Å². The van der Waals surface area contributed by atoms with Gasteiger partial charge < -0.3 is 14.3 Å². The van der Waals surface area contributed by atoms with Crippen molar-refractivity contribution in [2.45, 2.75) is 13.0 Å². The molecule has 0 bridgehead atoms. The number of carbonyl (C=O) groups is 1. The molecule has 3 rings (SSSR count). The molecule has 0 spiro atoms. The van der Waals surface area contributed by atoms with Gasteiger partial charge in [0.15, 0.2) is 0 Å². The van der Waals surface area contributed by atoms with Gasteiger partial charge in [0.1, 0.15) is 11.3 Å². The zero-order valence-corrected chi connectivity index (χ0v) is 14.7. The monoisotopic (exact) mass is 353 g/mol. The van der Waals surface area contributed by atoms with Crippen LogP contribution in [0.3, 0.4) is 0 Å². The number of nitrogens with zero attached hydrogens (tertiary/aromatic N) is 2. The van der Waals surface area contributed by atoms with Gasteiger partial charge in [-0.05, 0) is 25.1 Å². The van der Waals surface area contributed by atoms with E-state index in [1.807, 2.05) is 37.3 Å². The molecule has 7 heteroatoms. The predicted molar refractivity (Wildman–Crippen MR) is 98.7 cm³/mol. The van der Waals surface area contributed by atoms with E-state index in [-0.39, 0.29) is 17.5 Å². The van der Waals surface area contributed by atoms with Crippen molar-refractivity contribution in [3.05, 3.63) is 74.8 Å². The summed E-state index contributed by atoms with van der Waals surface area (Å²) in [6.07, 6.45) is 4.06. The summed E-state index contributed by atoms with van der Waals surface area (Å²) in [4.78, 5) is 35.9. The van der Waals surface area contributed by atoms with Gasteiger partial charge in [-0.3, -0.25) is 14.2 Å². The van der Waals surface area contributed by atoms with Gasteiger partial charge in [0, 0.05) is 31.8 Å². The van der Waals surface area contributed by atoms with Crippen LogP contribution in [0.25, 0.3) is 17.0 Å². The molecule has 1 aromatic carbocycles. The molecule has 1 amide bonds. The number of hydrogen-bond acceptors (Lipinski definition) is 4. The molecular weight excluding hydrogens is 334 g/mol. The van der Waals surface area contributed by atoms with Crippen molar-refractivity contribution in [3.8, 4) is 0 Å². The molecule has 1 atom stereocenters. The number of aromatic nitrogens is 2. The molecule has 0 saturated carbocycles. The minimum absolute atomic E-state index is 0.251. The molecule has 3 aromatic rings. The summed E-state index contributed by atoms with van der Waals surface area (Å²) in [5.74, 6) is 0.278. The number of furan rings is 1. The average molecular weight is 353 g/mol. The molecule has 26 heavy (non-hydrogen) atoms. The van der Waals surface area contributed by atoms with Crippen molar-refractivity contribution in [1.82, 2.24) is 14.5 Å². The SMILES string of the molecule is CC(NC(=O)/C=C/c1cn(C)c(=O)n(C)c1=O)c1cc2ccccc2o1. The van der Waals surface area contributed by atoms with Crippen LogP contribution in [-0.4, -0.2) is 15.0 Å². The highest BCUT2D eigenvalue weighted by Crippen LogP contribution is 2.23. The number of rotatable bonds is 4. The molecule has 0 aliphatic rings. The second kappa shape index (κ2) is 6.87. The molecular formula is C19H19N3O4. The first-order valence-electron chi connectivity index (χ1n) is 8.10. The number of benzene rings is 1. The van der Waals surface area contributed by atoms with Crippen molar-refractivity contribution in [2.24, 2.45) is 14.1 Å². The number of para-hydroxylation sites is 1. The maximum atomic E-state index is 12.1. The minimum atomic E-state index is -0.456. The van der Waals surface area contributed by atoms with Gasteiger partial charge >= 0.3 is 5.69 Å². The van der Waals surface area contributed by atoms with E-state index in [1.54, 1.807) is 7.05 Å². The molecule has 0 saturated heterocycles. The number of aryl methyl sites for hydroxylation is 1. The summed E-state index contributed by atoms with van der Waals surface area (Å²) in [5.41, 5.74) is 0.131. The fraction of sp³-hybridized carbons (Fsp3) is 0.211. The van der Waals surface area contributed by atoms with Crippen molar-refractivity contribution < 1.29 is 9.21 Å². The van der Waals surface area contributed by atoms with Gasteiger partial charge in [-0.25, -0.2) is 4.79 Å². The predicted octanol–water partition coefficient (Wildman–Crippen LogP) is 1.72. The first kappa shape index (κ1) is 17.5. The van der Waals surface area contributed by atoms with Crippen molar-refractivity contribution in [1.29, 1.82) is 0 Å². The molecule has 1 unspecified atom stereocenters. The molecule has 0 fully saturated rings. The second-order valence-electron chi connectivity index (χ2n) is 6.09. The standard InChI is InChI=1S/C19H19N3O4/c1-12(16-10-13-6-4-5-7-15(13)26-16)20-17(23)9-8-14-11-21(2)19(25)22(3)18(14)24/h4-12H,1-3H3,(H,20,23)/b9-8+. The van der Waals surface area contributed by atoms with Gasteiger partial charge in [-0.2, -0.15) is 0 Å². The van der Waals surface area contributed by atoms with Crippen molar-refractivity contribution >= 4 is 23.0 Å². The van der Waals surface area contributed by atoms with E-state index in [2.05, 4.69) is 5.32 Å². The fourth-order valence-electron chi connectivity index (χ4n) is 2.66. The van der Waals surface area contributed by atoms with Crippen LogP contribution in [0.1, 0.15) is 24.3 Å². The summed E-state index contributed by atoms with van der Waals surface area (Å²) in [5, 5.41) is 3.76. The highest BCUT2D eigenvalue weighted by molar-refractivity contribution is 5.92. The zero-order chi connectivity index (χ0) is 18.8. The first-order chi connectivity index (χ1) is 12.4. The zero-order valence-electron chi connectivity index (χ0n) is 14.7. The Morgan fingerprint density at radius 1 is 1.23 bits per heavy atom. The van der Waals surface area contributed by atoms with Crippen LogP contribution >= 0.6 is 0 Å². The summed E-state index contributed by atoms with van der Waals surface area (Å²) in [7, 11) is 2.94. The molecule has 2 aromatic heterocycles. The topological polar surface area (TPSA) is 86.2 Å². The smallest absolute Gasteiger partial charge is 0.330 e. The average Bonchev–Trinajstić information content (AvgIpc) is 3.06. The summed E-state index contributed by atoms with van der Waals surface area (Å²) >= 11 is 0. The lowest BCUT2D eigenvalue weighted by Gasteiger charge is -2.09. The number of hydrogen-bond donors (Lipinski definition) is 1. The normalized spacial score (nSPS) is 12.6. The number of fused-ring (bicyclic) bond motifs is 1. The summed E-state index contributed by atoms with van der Waals surface area (Å²) in [6, 6.07) is 9.15. The number of nitrogens with one attached hydrogen (secondary N) is 1.